The van der Waals surface area contributed by atoms with Crippen molar-refractivity contribution in [3.8, 4) is 11.4 Å². The average molecular weight is 531 g/mol. The van der Waals surface area contributed by atoms with Gasteiger partial charge in [-0.3, -0.25) is 4.79 Å². The predicted molar refractivity (Wildman–Crippen MR) is 143 cm³/mol. The van der Waals surface area contributed by atoms with Gasteiger partial charge >= 0.3 is 6.18 Å². The SMILES string of the molecule is O=C(CCN(Cc1ccco1)c1nc(-c2ccccc2)nc2ccccc12)NCc1cccc(C(F)(F)F)c1. The first-order valence-corrected chi connectivity index (χ1v) is 12.4. The molecule has 2 heterocycles. The minimum Gasteiger partial charge on any atom is -0.467 e. The minimum atomic E-state index is -4.44. The summed E-state index contributed by atoms with van der Waals surface area (Å²) in [4.78, 5) is 24.4. The second-order valence-corrected chi connectivity index (χ2v) is 8.98. The number of halogens is 3. The minimum absolute atomic E-state index is 0.00443. The third-order valence-corrected chi connectivity index (χ3v) is 6.19. The van der Waals surface area contributed by atoms with Gasteiger partial charge in [-0.1, -0.05) is 54.6 Å². The molecule has 0 saturated heterocycles. The summed E-state index contributed by atoms with van der Waals surface area (Å²) in [6, 6.07) is 25.9. The topological polar surface area (TPSA) is 71.3 Å². The number of hydrogen-bond acceptors (Lipinski definition) is 5. The third kappa shape index (κ3) is 6.43. The summed E-state index contributed by atoms with van der Waals surface area (Å²) in [6.07, 6.45) is -2.76. The molecule has 0 unspecified atom stereocenters. The summed E-state index contributed by atoms with van der Waals surface area (Å²) in [6.45, 7) is 0.656. The molecule has 5 rings (SSSR count). The Morgan fingerprint density at radius 2 is 1.69 bits per heavy atom. The van der Waals surface area contributed by atoms with Crippen molar-refractivity contribution in [2.75, 3.05) is 11.4 Å². The van der Waals surface area contributed by atoms with Crippen LogP contribution in [0.2, 0.25) is 0 Å². The van der Waals surface area contributed by atoms with Crippen LogP contribution in [0.15, 0.2) is 102 Å². The normalized spacial score (nSPS) is 11.5. The number of carbonyl (C=O) groups is 1. The second-order valence-electron chi connectivity index (χ2n) is 8.98. The van der Waals surface area contributed by atoms with E-state index in [1.54, 1.807) is 18.4 Å². The third-order valence-electron chi connectivity index (χ3n) is 6.19. The molecule has 0 aliphatic heterocycles. The van der Waals surface area contributed by atoms with Gasteiger partial charge in [-0.2, -0.15) is 13.2 Å². The van der Waals surface area contributed by atoms with Gasteiger partial charge in [0.2, 0.25) is 5.91 Å². The summed E-state index contributed by atoms with van der Waals surface area (Å²) < 4.78 is 44.7. The zero-order valence-electron chi connectivity index (χ0n) is 20.9. The van der Waals surface area contributed by atoms with Crippen LogP contribution >= 0.6 is 0 Å². The molecule has 0 aliphatic carbocycles. The number of furan rings is 1. The Kier molecular flexibility index (Phi) is 7.58. The van der Waals surface area contributed by atoms with Crippen LogP contribution in [0, 0.1) is 0 Å². The van der Waals surface area contributed by atoms with E-state index in [0.717, 1.165) is 28.6 Å². The van der Waals surface area contributed by atoms with Crippen LogP contribution in [0.3, 0.4) is 0 Å². The second kappa shape index (κ2) is 11.4. The number of para-hydroxylation sites is 1. The Hall–Kier alpha value is -4.66. The highest BCUT2D eigenvalue weighted by molar-refractivity contribution is 5.91. The number of hydrogen-bond donors (Lipinski definition) is 1. The highest BCUT2D eigenvalue weighted by Gasteiger charge is 2.30. The number of nitrogens with zero attached hydrogens (tertiary/aromatic N) is 3. The van der Waals surface area contributed by atoms with Crippen molar-refractivity contribution in [3.05, 3.63) is 114 Å². The number of anilines is 1. The first-order valence-electron chi connectivity index (χ1n) is 12.4. The molecule has 0 bridgehead atoms. The molecule has 0 radical (unpaired) electrons. The predicted octanol–water partition coefficient (Wildman–Crippen LogP) is 6.62. The number of benzene rings is 3. The molecular formula is C30H25F3N4O2. The zero-order valence-corrected chi connectivity index (χ0v) is 20.9. The van der Waals surface area contributed by atoms with Crippen molar-refractivity contribution in [1.29, 1.82) is 0 Å². The Bertz CT molecular complexity index is 1550. The van der Waals surface area contributed by atoms with E-state index in [9.17, 15) is 18.0 Å². The molecule has 3 aromatic carbocycles. The number of rotatable bonds is 9. The van der Waals surface area contributed by atoms with E-state index >= 15 is 0 Å². The lowest BCUT2D eigenvalue weighted by atomic mass is 10.1. The van der Waals surface area contributed by atoms with Crippen molar-refractivity contribution in [2.24, 2.45) is 0 Å². The molecule has 0 fully saturated rings. The van der Waals surface area contributed by atoms with Crippen LogP contribution in [0.25, 0.3) is 22.3 Å². The van der Waals surface area contributed by atoms with E-state index in [1.165, 1.54) is 6.07 Å². The van der Waals surface area contributed by atoms with Crippen LogP contribution in [0.1, 0.15) is 23.3 Å². The molecular weight excluding hydrogens is 505 g/mol. The quantitative estimate of drug-likeness (QED) is 0.232. The Morgan fingerprint density at radius 1 is 0.897 bits per heavy atom. The van der Waals surface area contributed by atoms with E-state index in [0.29, 0.717) is 36.1 Å². The van der Waals surface area contributed by atoms with Crippen LogP contribution < -0.4 is 10.2 Å². The monoisotopic (exact) mass is 530 g/mol. The van der Waals surface area contributed by atoms with Gasteiger partial charge in [0.15, 0.2) is 5.82 Å². The van der Waals surface area contributed by atoms with E-state index in [1.807, 2.05) is 65.6 Å². The van der Waals surface area contributed by atoms with Gasteiger partial charge in [-0.15, -0.1) is 0 Å². The lowest BCUT2D eigenvalue weighted by molar-refractivity contribution is -0.137. The van der Waals surface area contributed by atoms with Crippen LogP contribution in [-0.2, 0) is 24.1 Å². The smallest absolute Gasteiger partial charge is 0.416 e. The van der Waals surface area contributed by atoms with Crippen molar-refractivity contribution in [2.45, 2.75) is 25.7 Å². The fraction of sp³-hybridized carbons (Fsp3) is 0.167. The number of fused-ring (bicyclic) bond motifs is 1. The molecule has 5 aromatic rings. The van der Waals surface area contributed by atoms with Gasteiger partial charge in [0.05, 0.1) is 23.9 Å². The molecule has 0 aliphatic rings. The van der Waals surface area contributed by atoms with Crippen LogP contribution in [-0.4, -0.2) is 22.4 Å². The highest BCUT2D eigenvalue weighted by Crippen LogP contribution is 2.30. The van der Waals surface area contributed by atoms with Gasteiger partial charge in [0.1, 0.15) is 11.6 Å². The Morgan fingerprint density at radius 3 is 2.46 bits per heavy atom. The van der Waals surface area contributed by atoms with Gasteiger partial charge < -0.3 is 14.6 Å². The lowest BCUT2D eigenvalue weighted by Gasteiger charge is -2.24. The highest BCUT2D eigenvalue weighted by atomic mass is 19.4. The summed E-state index contributed by atoms with van der Waals surface area (Å²) >= 11 is 0. The molecule has 198 valence electrons. The fourth-order valence-corrected chi connectivity index (χ4v) is 4.25. The maximum absolute atomic E-state index is 13.0. The van der Waals surface area contributed by atoms with E-state index < -0.39 is 11.7 Å². The fourth-order valence-electron chi connectivity index (χ4n) is 4.25. The molecule has 1 amide bonds. The first-order chi connectivity index (χ1) is 18.9. The van der Waals surface area contributed by atoms with Crippen LogP contribution in [0.4, 0.5) is 19.0 Å². The summed E-state index contributed by atoms with van der Waals surface area (Å²) in [5.41, 5.74) is 1.25. The number of nitrogens with one attached hydrogen (secondary N) is 1. The molecule has 1 N–H and O–H groups in total. The molecule has 0 atom stereocenters. The van der Waals surface area contributed by atoms with Crippen molar-refractivity contribution < 1.29 is 22.4 Å². The lowest BCUT2D eigenvalue weighted by Crippen LogP contribution is -2.31. The summed E-state index contributed by atoms with van der Waals surface area (Å²) in [5, 5.41) is 3.56. The summed E-state index contributed by atoms with van der Waals surface area (Å²) in [5.74, 6) is 1.62. The van der Waals surface area contributed by atoms with E-state index in [2.05, 4.69) is 5.32 Å². The Labute approximate surface area is 223 Å². The maximum atomic E-state index is 13.0. The number of carbonyl (C=O) groups excluding carboxylic acids is 1. The average Bonchev–Trinajstić information content (AvgIpc) is 3.47. The standard InChI is InChI=1S/C30H25F3N4O2/c31-30(32,33)23-11-6-8-21(18-23)19-34-27(38)15-16-37(20-24-12-7-17-39-24)29-25-13-4-5-14-26(25)35-28(36-29)22-9-2-1-3-10-22/h1-14,17-18H,15-16,19-20H2,(H,34,38). The largest absolute Gasteiger partial charge is 0.467 e. The van der Waals surface area contributed by atoms with Crippen molar-refractivity contribution in [3.63, 3.8) is 0 Å². The van der Waals surface area contributed by atoms with Gasteiger partial charge in [-0.05, 0) is 42.0 Å². The molecule has 6 nitrogen and oxygen atoms in total. The van der Waals surface area contributed by atoms with Crippen molar-refractivity contribution >= 4 is 22.6 Å². The maximum Gasteiger partial charge on any atom is 0.416 e. The number of amides is 1. The molecule has 39 heavy (non-hydrogen) atoms. The van der Waals surface area contributed by atoms with Crippen LogP contribution in [0.5, 0.6) is 0 Å². The molecule has 0 spiro atoms. The molecule has 9 heteroatoms. The zero-order chi connectivity index (χ0) is 27.2. The molecule has 0 saturated carbocycles. The first kappa shape index (κ1) is 26.0. The number of alkyl halides is 3. The molecule has 2 aromatic heterocycles. The van der Waals surface area contributed by atoms with Gasteiger partial charge in [0, 0.05) is 30.5 Å². The summed E-state index contributed by atoms with van der Waals surface area (Å²) in [7, 11) is 0. The van der Waals surface area contributed by atoms with Crippen molar-refractivity contribution in [1.82, 2.24) is 15.3 Å². The van der Waals surface area contributed by atoms with Gasteiger partial charge in [0.25, 0.3) is 0 Å². The van der Waals surface area contributed by atoms with E-state index in [-0.39, 0.29) is 18.9 Å². The Balaban J connectivity index is 1.38. The van der Waals surface area contributed by atoms with Gasteiger partial charge in [-0.25, -0.2) is 9.97 Å². The van der Waals surface area contributed by atoms with E-state index in [4.69, 9.17) is 14.4 Å². The number of aromatic nitrogens is 2.